The maximum Gasteiger partial charge on any atom is 0.328 e. The molecule has 5 aromatic rings. The number of imide groups is 1. The van der Waals surface area contributed by atoms with Crippen molar-refractivity contribution < 1.29 is 38.5 Å². The number of likely N-dealkylation sites (tertiary alicyclic amines) is 1. The lowest BCUT2D eigenvalue weighted by Crippen LogP contribution is -2.50. The van der Waals surface area contributed by atoms with Crippen LogP contribution in [-0.2, 0) is 11.2 Å². The fourth-order valence-corrected chi connectivity index (χ4v) is 12.9. The zero-order chi connectivity index (χ0) is 51.4. The Morgan fingerprint density at radius 3 is 2.35 bits per heavy atom. The van der Waals surface area contributed by atoms with Crippen molar-refractivity contribution in [1.82, 2.24) is 30.0 Å². The van der Waals surface area contributed by atoms with Gasteiger partial charge in [0.15, 0.2) is 5.82 Å². The number of piperazine rings is 1. The second kappa shape index (κ2) is 20.2. The van der Waals surface area contributed by atoms with Crippen LogP contribution in [-0.4, -0.2) is 144 Å². The number of phenols is 1. The minimum Gasteiger partial charge on any atom is -0.508 e. The van der Waals surface area contributed by atoms with Crippen LogP contribution in [0.15, 0.2) is 60.7 Å². The number of aromatic hydroxyl groups is 1. The summed E-state index contributed by atoms with van der Waals surface area (Å²) in [5.74, 6) is 0.938. The van der Waals surface area contributed by atoms with Crippen molar-refractivity contribution in [3.8, 4) is 28.6 Å². The number of nitrogens with one attached hydrogen (secondary N) is 1. The lowest BCUT2D eigenvalue weighted by molar-refractivity contribution is -0.120. The third-order valence-corrected chi connectivity index (χ3v) is 17.5. The highest BCUT2D eigenvalue weighted by atomic mass is 19.1. The van der Waals surface area contributed by atoms with E-state index < -0.39 is 17.4 Å². The molecule has 0 radical (unpaired) electrons. The van der Waals surface area contributed by atoms with E-state index in [4.69, 9.17) is 19.4 Å². The van der Waals surface area contributed by atoms with Crippen LogP contribution >= 0.6 is 0 Å². The number of hydrogen-bond acceptors (Lipinski definition) is 12. The Balaban J connectivity index is 0.690. The zero-order valence-electron chi connectivity index (χ0n) is 43.3. The molecule has 16 heteroatoms. The third kappa shape index (κ3) is 10.2. The van der Waals surface area contributed by atoms with Gasteiger partial charge in [0.05, 0.1) is 25.0 Å². The molecule has 15 nitrogen and oxygen atoms in total. The van der Waals surface area contributed by atoms with E-state index in [-0.39, 0.29) is 52.9 Å². The fraction of sp³-hybridized carbons (Fsp3) is 0.534. The molecule has 1 atom stereocenters. The number of carbonyl (C=O) groups excluding carboxylic acids is 3. The minimum absolute atomic E-state index is 0.0176. The van der Waals surface area contributed by atoms with Crippen molar-refractivity contribution in [3.63, 3.8) is 0 Å². The lowest BCUT2D eigenvalue weighted by Gasteiger charge is -2.47. The van der Waals surface area contributed by atoms with Crippen molar-refractivity contribution in [3.05, 3.63) is 77.6 Å². The summed E-state index contributed by atoms with van der Waals surface area (Å²) in [7, 11) is 1.53. The molecule has 4 saturated heterocycles. The SMILES string of the molecule is CCc1cccc2cc(O)cc(-c3ccc4c(N5CCC[C@@](C)(O)C5)nc(OCC5(CN6CCN(CC7CCC8(CC7)CCN(C(=O)c7ccc(OC)c(N9CCC(=O)NC9=O)c7)CC8)CC6)CC5)nc4c3F)c12. The molecule has 1 aromatic heterocycles. The highest BCUT2D eigenvalue weighted by Crippen LogP contribution is 2.49. The lowest BCUT2D eigenvalue weighted by atomic mass is 9.65. The van der Waals surface area contributed by atoms with Gasteiger partial charge in [-0.15, -0.1) is 0 Å². The molecule has 392 valence electrons. The summed E-state index contributed by atoms with van der Waals surface area (Å²) in [6.07, 6.45) is 11.3. The highest BCUT2D eigenvalue weighted by molar-refractivity contribution is 6.07. The first-order valence-electron chi connectivity index (χ1n) is 27.1. The average Bonchev–Trinajstić information content (AvgIpc) is 4.17. The van der Waals surface area contributed by atoms with Crippen LogP contribution in [0, 0.1) is 22.6 Å². The molecule has 0 bridgehead atoms. The third-order valence-electron chi connectivity index (χ3n) is 17.5. The number of β-amino-alcohol motifs (C(OH)–C–C–N with tert-alkyl or cyclic N) is 1. The number of urea groups is 1. The summed E-state index contributed by atoms with van der Waals surface area (Å²) >= 11 is 0. The second-order valence-electron chi connectivity index (χ2n) is 22.8. The number of nitrogens with zero attached hydrogens (tertiary/aromatic N) is 7. The zero-order valence-corrected chi connectivity index (χ0v) is 43.3. The van der Waals surface area contributed by atoms with Crippen LogP contribution in [0.1, 0.15) is 100 Å². The number of aryl methyl sites for hydroxylation is 1. The molecule has 6 aliphatic rings. The molecule has 74 heavy (non-hydrogen) atoms. The van der Waals surface area contributed by atoms with Crippen molar-refractivity contribution in [2.75, 3.05) is 95.5 Å². The molecule has 0 unspecified atom stereocenters. The first kappa shape index (κ1) is 50.1. The second-order valence-corrected chi connectivity index (χ2v) is 22.8. The van der Waals surface area contributed by atoms with Gasteiger partial charge >= 0.3 is 12.0 Å². The van der Waals surface area contributed by atoms with Crippen LogP contribution in [0.3, 0.4) is 0 Å². The Bertz CT molecular complexity index is 2960. The summed E-state index contributed by atoms with van der Waals surface area (Å²) in [5.41, 5.74) is 2.56. The summed E-state index contributed by atoms with van der Waals surface area (Å²) in [4.78, 5) is 58.7. The summed E-state index contributed by atoms with van der Waals surface area (Å²) < 4.78 is 29.3. The van der Waals surface area contributed by atoms with Gasteiger partial charge < -0.3 is 39.3 Å². The standard InChI is InChI=1S/C58H71FN8O7/c1-4-39-7-5-8-40-31-42(68)33-45(49(39)40)43-10-11-44-51(50(43)59)61-54(62-52(44)66-23-6-16-56(2,72)35-66)74-37-58(19-20-58)36-64-29-27-63(28-30-64)34-38-13-17-57(18-14-38)21-25-65(26-22-57)53(70)41-9-12-47(73-3)46(32-41)67-24-15-48(69)60-55(67)71/h5,7-12,31-33,38,68,72H,4,6,13-30,34-37H2,1-3H3,(H,60,69,71)/t56-/m1/s1. The molecule has 2 aliphatic carbocycles. The molecule has 5 heterocycles. The summed E-state index contributed by atoms with van der Waals surface area (Å²) in [6.45, 7) is 13.2. The number of piperidine rings is 2. The topological polar surface area (TPSA) is 164 Å². The molecule has 3 N–H and O–H groups in total. The summed E-state index contributed by atoms with van der Waals surface area (Å²) in [6, 6.07) is 17.8. The number of rotatable bonds is 13. The number of halogens is 1. The average molecular weight is 1010 g/mol. The fourth-order valence-electron chi connectivity index (χ4n) is 12.9. The van der Waals surface area contributed by atoms with E-state index >= 15 is 4.39 Å². The predicted octanol–water partition coefficient (Wildman–Crippen LogP) is 8.55. The van der Waals surface area contributed by atoms with Gasteiger partial charge in [-0.05, 0) is 147 Å². The largest absolute Gasteiger partial charge is 0.508 e. The van der Waals surface area contributed by atoms with E-state index in [2.05, 4.69) is 22.0 Å². The van der Waals surface area contributed by atoms with Gasteiger partial charge in [0.1, 0.15) is 22.8 Å². The summed E-state index contributed by atoms with van der Waals surface area (Å²) in [5, 5.41) is 26.6. The van der Waals surface area contributed by atoms with Crippen LogP contribution in [0.4, 0.5) is 20.7 Å². The molecule has 11 rings (SSSR count). The normalized spacial score (nSPS) is 22.6. The molecule has 4 amide bonds. The van der Waals surface area contributed by atoms with Gasteiger partial charge in [-0.2, -0.15) is 9.97 Å². The first-order valence-corrected chi connectivity index (χ1v) is 27.1. The number of methoxy groups -OCH3 is 1. The first-order chi connectivity index (χ1) is 35.7. The molecule has 2 saturated carbocycles. The van der Waals surface area contributed by atoms with Crippen molar-refractivity contribution in [2.45, 2.75) is 96.5 Å². The van der Waals surface area contributed by atoms with E-state index in [9.17, 15) is 24.6 Å². The van der Waals surface area contributed by atoms with E-state index in [1.807, 2.05) is 41.0 Å². The van der Waals surface area contributed by atoms with E-state index in [1.165, 1.54) is 37.7 Å². The molecular weight excluding hydrogens is 940 g/mol. The van der Waals surface area contributed by atoms with Crippen LogP contribution in [0.5, 0.6) is 17.5 Å². The van der Waals surface area contributed by atoms with Gasteiger partial charge in [-0.25, -0.2) is 9.18 Å². The van der Waals surface area contributed by atoms with Gasteiger partial charge in [0.2, 0.25) is 5.91 Å². The molecular formula is C58H71FN8O7. The molecule has 4 aliphatic heterocycles. The minimum atomic E-state index is -0.911. The Labute approximate surface area is 433 Å². The Morgan fingerprint density at radius 2 is 1.64 bits per heavy atom. The molecule has 4 aromatic carbocycles. The Morgan fingerprint density at radius 1 is 0.865 bits per heavy atom. The van der Waals surface area contributed by atoms with E-state index in [0.717, 1.165) is 107 Å². The number of hydrogen-bond donors (Lipinski definition) is 3. The predicted molar refractivity (Wildman–Crippen MR) is 284 cm³/mol. The maximum absolute atomic E-state index is 17.2. The van der Waals surface area contributed by atoms with Crippen LogP contribution < -0.4 is 24.6 Å². The van der Waals surface area contributed by atoms with Gasteiger partial charge in [0, 0.05) is 100 Å². The van der Waals surface area contributed by atoms with Crippen LogP contribution in [0.25, 0.3) is 32.8 Å². The van der Waals surface area contributed by atoms with Crippen LogP contribution in [0.2, 0.25) is 0 Å². The number of carbonyl (C=O) groups is 3. The van der Waals surface area contributed by atoms with E-state index in [0.29, 0.717) is 71.4 Å². The number of ether oxygens (including phenoxy) is 2. The van der Waals surface area contributed by atoms with Crippen molar-refractivity contribution >= 4 is 51.0 Å². The highest BCUT2D eigenvalue weighted by Gasteiger charge is 2.46. The number of fused-ring (bicyclic) bond motifs is 2. The van der Waals surface area contributed by atoms with Gasteiger partial charge in [0.25, 0.3) is 5.91 Å². The Kier molecular flexibility index (Phi) is 13.7. The number of anilines is 2. The van der Waals surface area contributed by atoms with Gasteiger partial charge in [-0.1, -0.05) is 31.2 Å². The van der Waals surface area contributed by atoms with Gasteiger partial charge in [-0.3, -0.25) is 19.8 Å². The molecule has 1 spiro atoms. The monoisotopic (exact) mass is 1010 g/mol. The number of aliphatic hydroxyl groups is 1. The maximum atomic E-state index is 17.2. The quantitative estimate of drug-likeness (QED) is 0.103. The number of benzene rings is 4. The molecule has 6 fully saturated rings. The number of phenolic OH excluding ortho intramolecular Hbond substituents is 1. The Hall–Kier alpha value is -6.10. The smallest absolute Gasteiger partial charge is 0.328 e. The number of amides is 4. The number of aromatic nitrogens is 2. The van der Waals surface area contributed by atoms with Crippen molar-refractivity contribution in [2.24, 2.45) is 16.7 Å². The van der Waals surface area contributed by atoms with E-state index in [1.54, 1.807) is 36.4 Å². The van der Waals surface area contributed by atoms with Crippen molar-refractivity contribution in [1.29, 1.82) is 0 Å².